The fourth-order valence-electron chi connectivity index (χ4n) is 11.3. The van der Waals surface area contributed by atoms with Gasteiger partial charge in [-0.25, -0.2) is 0 Å². The van der Waals surface area contributed by atoms with Gasteiger partial charge in [0.1, 0.15) is 0 Å². The van der Waals surface area contributed by atoms with Crippen LogP contribution in [0.25, 0.3) is 0 Å². The van der Waals surface area contributed by atoms with E-state index in [4.69, 9.17) is 0 Å². The van der Waals surface area contributed by atoms with Crippen LogP contribution in [0, 0.1) is 62.6 Å². The Bertz CT molecular complexity index is 777. The first-order valence-corrected chi connectivity index (χ1v) is 13.7. The van der Waals surface area contributed by atoms with Crippen molar-refractivity contribution < 1.29 is 5.11 Å². The van der Waals surface area contributed by atoms with Gasteiger partial charge in [-0.2, -0.15) is 0 Å². The summed E-state index contributed by atoms with van der Waals surface area (Å²) in [4.78, 5) is 0. The SMILES string of the molecule is CC(C)[C@@H]1CC[C@]2(C)CC[C@]3(C)[C@H](CC[C@@H]4[C@@]5(C)C(O)=CCC(C)(C)[C@@H]5CC[C@]43C)[C@@H]12. The van der Waals surface area contributed by atoms with Crippen molar-refractivity contribution in [2.24, 2.45) is 62.6 Å². The molecular formula is C30H50O. The predicted octanol–water partition coefficient (Wildman–Crippen LogP) is 8.80. The highest BCUT2D eigenvalue weighted by atomic mass is 16.3. The van der Waals surface area contributed by atoms with Crippen molar-refractivity contribution in [1.82, 2.24) is 0 Å². The molecule has 0 saturated heterocycles. The maximum Gasteiger partial charge on any atom is 0.0947 e. The molecule has 1 N–H and O–H groups in total. The molecule has 0 heterocycles. The minimum atomic E-state index is -0.0311. The van der Waals surface area contributed by atoms with Gasteiger partial charge in [0, 0.05) is 5.41 Å². The predicted molar refractivity (Wildman–Crippen MR) is 131 cm³/mol. The van der Waals surface area contributed by atoms with Crippen LogP contribution in [0.3, 0.4) is 0 Å². The Morgan fingerprint density at radius 3 is 2.19 bits per heavy atom. The maximum absolute atomic E-state index is 11.4. The standard InChI is InChI=1S/C30H50O/c1-19(2)20-11-15-27(5)17-18-28(6)21(25(20)27)9-10-23-29(28,7)16-12-22-26(3,4)14-13-24(31)30(22,23)8/h13,19-23,25,31H,9-12,14-18H2,1-8H3/t20-,21+,22-,23-,25+,27+,28+,29+,30-/m0/s1. The molecule has 0 aromatic rings. The van der Waals surface area contributed by atoms with Crippen LogP contribution in [0.1, 0.15) is 113 Å². The van der Waals surface area contributed by atoms with Gasteiger partial charge in [-0.15, -0.1) is 0 Å². The summed E-state index contributed by atoms with van der Waals surface area (Å²) in [5.41, 5.74) is 1.63. The molecule has 0 amide bonds. The Hall–Kier alpha value is -0.460. The quantitative estimate of drug-likeness (QED) is 0.444. The average Bonchev–Trinajstić information content (AvgIpc) is 3.04. The van der Waals surface area contributed by atoms with E-state index >= 15 is 0 Å². The molecule has 9 atom stereocenters. The van der Waals surface area contributed by atoms with Crippen LogP contribution in [0.4, 0.5) is 0 Å². The summed E-state index contributed by atoms with van der Waals surface area (Å²) in [5, 5.41) is 11.4. The van der Waals surface area contributed by atoms with Gasteiger partial charge in [0.25, 0.3) is 0 Å². The van der Waals surface area contributed by atoms with E-state index in [1.807, 2.05) is 0 Å². The first kappa shape index (κ1) is 22.3. The zero-order valence-electron chi connectivity index (χ0n) is 21.9. The van der Waals surface area contributed by atoms with Crippen molar-refractivity contribution in [3.63, 3.8) is 0 Å². The van der Waals surface area contributed by atoms with E-state index in [0.717, 1.165) is 35.9 Å². The first-order valence-electron chi connectivity index (χ1n) is 13.7. The molecule has 0 unspecified atom stereocenters. The maximum atomic E-state index is 11.4. The molecule has 5 aliphatic carbocycles. The summed E-state index contributed by atoms with van der Waals surface area (Å²) in [6.07, 6.45) is 14.4. The largest absolute Gasteiger partial charge is 0.512 e. The van der Waals surface area contributed by atoms with Gasteiger partial charge >= 0.3 is 0 Å². The van der Waals surface area contributed by atoms with Crippen LogP contribution in [0.5, 0.6) is 0 Å². The van der Waals surface area contributed by atoms with Crippen LogP contribution >= 0.6 is 0 Å². The molecule has 0 radical (unpaired) electrons. The molecule has 0 spiro atoms. The molecular weight excluding hydrogens is 376 g/mol. The number of aliphatic hydroxyl groups is 1. The topological polar surface area (TPSA) is 20.2 Å². The second-order valence-electron chi connectivity index (χ2n) is 14.9. The third kappa shape index (κ3) is 2.62. The highest BCUT2D eigenvalue weighted by Gasteiger charge is 2.70. The molecule has 5 rings (SSSR count). The normalized spacial score (nSPS) is 55.6. The van der Waals surface area contributed by atoms with Crippen LogP contribution in [-0.4, -0.2) is 5.11 Å². The van der Waals surface area contributed by atoms with Gasteiger partial charge < -0.3 is 5.11 Å². The zero-order chi connectivity index (χ0) is 22.6. The van der Waals surface area contributed by atoms with Gasteiger partial charge in [-0.05, 0) is 121 Å². The molecule has 0 aromatic carbocycles. The fraction of sp³-hybridized carbons (Fsp3) is 0.933. The number of aliphatic hydroxyl groups excluding tert-OH is 1. The monoisotopic (exact) mass is 426 g/mol. The minimum absolute atomic E-state index is 0.0311. The van der Waals surface area contributed by atoms with Crippen LogP contribution in [0.15, 0.2) is 11.8 Å². The minimum Gasteiger partial charge on any atom is -0.512 e. The van der Waals surface area contributed by atoms with Gasteiger partial charge in [-0.3, -0.25) is 0 Å². The summed E-state index contributed by atoms with van der Waals surface area (Å²) in [6.45, 7) is 20.4. The lowest BCUT2D eigenvalue weighted by molar-refractivity contribution is -0.227. The highest BCUT2D eigenvalue weighted by molar-refractivity contribution is 5.25. The number of rotatable bonds is 1. The number of allylic oxidation sites excluding steroid dienone is 2. The number of hydrogen-bond donors (Lipinski definition) is 1. The highest BCUT2D eigenvalue weighted by Crippen LogP contribution is 2.77. The molecule has 31 heavy (non-hydrogen) atoms. The van der Waals surface area contributed by atoms with Crippen molar-refractivity contribution in [3.05, 3.63) is 11.8 Å². The summed E-state index contributed by atoms with van der Waals surface area (Å²) in [5.74, 6) is 5.52. The molecule has 176 valence electrons. The van der Waals surface area contributed by atoms with Crippen LogP contribution in [0.2, 0.25) is 0 Å². The Morgan fingerprint density at radius 2 is 1.52 bits per heavy atom. The lowest BCUT2D eigenvalue weighted by atomic mass is 9.33. The smallest absolute Gasteiger partial charge is 0.0947 e. The molecule has 0 aliphatic heterocycles. The Labute approximate surface area is 192 Å². The molecule has 0 bridgehead atoms. The van der Waals surface area contributed by atoms with Gasteiger partial charge in [0.15, 0.2) is 0 Å². The van der Waals surface area contributed by atoms with E-state index in [2.05, 4.69) is 61.5 Å². The summed E-state index contributed by atoms with van der Waals surface area (Å²) in [6, 6.07) is 0. The van der Waals surface area contributed by atoms with E-state index in [0.29, 0.717) is 33.5 Å². The summed E-state index contributed by atoms with van der Waals surface area (Å²) in [7, 11) is 0. The molecule has 5 aliphatic rings. The van der Waals surface area contributed by atoms with E-state index in [1.165, 1.54) is 51.4 Å². The third-order valence-electron chi connectivity index (χ3n) is 13.2. The number of fused-ring (bicyclic) bond motifs is 7. The van der Waals surface area contributed by atoms with Crippen molar-refractivity contribution >= 4 is 0 Å². The van der Waals surface area contributed by atoms with Crippen molar-refractivity contribution in [1.29, 1.82) is 0 Å². The van der Waals surface area contributed by atoms with Gasteiger partial charge in [0.05, 0.1) is 5.76 Å². The first-order chi connectivity index (χ1) is 14.3. The number of hydrogen-bond acceptors (Lipinski definition) is 1. The Balaban J connectivity index is 1.58. The van der Waals surface area contributed by atoms with Crippen LogP contribution in [-0.2, 0) is 0 Å². The summed E-state index contributed by atoms with van der Waals surface area (Å²) >= 11 is 0. The Kier molecular flexibility index (Phi) is 4.73. The second kappa shape index (κ2) is 6.56. The third-order valence-corrected chi connectivity index (χ3v) is 13.2. The fourth-order valence-corrected chi connectivity index (χ4v) is 11.3. The summed E-state index contributed by atoms with van der Waals surface area (Å²) < 4.78 is 0. The van der Waals surface area contributed by atoms with E-state index in [9.17, 15) is 5.11 Å². The average molecular weight is 427 g/mol. The van der Waals surface area contributed by atoms with Crippen molar-refractivity contribution in [2.75, 3.05) is 0 Å². The van der Waals surface area contributed by atoms with Crippen molar-refractivity contribution in [2.45, 2.75) is 113 Å². The zero-order valence-corrected chi connectivity index (χ0v) is 21.9. The molecule has 4 fully saturated rings. The van der Waals surface area contributed by atoms with Gasteiger partial charge in [0.2, 0.25) is 0 Å². The lowest BCUT2D eigenvalue weighted by Crippen LogP contribution is -2.65. The second-order valence-corrected chi connectivity index (χ2v) is 14.9. The van der Waals surface area contributed by atoms with E-state index < -0.39 is 0 Å². The lowest BCUT2D eigenvalue weighted by Gasteiger charge is -2.72. The van der Waals surface area contributed by atoms with Crippen molar-refractivity contribution in [3.8, 4) is 0 Å². The molecule has 0 aromatic heterocycles. The van der Waals surface area contributed by atoms with Gasteiger partial charge in [-0.1, -0.05) is 55.4 Å². The molecule has 1 nitrogen and oxygen atoms in total. The molecule has 4 saturated carbocycles. The molecule has 1 heteroatoms. The van der Waals surface area contributed by atoms with E-state index in [1.54, 1.807) is 0 Å². The Morgan fingerprint density at radius 1 is 0.806 bits per heavy atom. The van der Waals surface area contributed by atoms with Crippen LogP contribution < -0.4 is 0 Å². The van der Waals surface area contributed by atoms with E-state index in [-0.39, 0.29) is 5.41 Å².